The zero-order chi connectivity index (χ0) is 16.1. The van der Waals surface area contributed by atoms with Gasteiger partial charge in [0.15, 0.2) is 0 Å². The summed E-state index contributed by atoms with van der Waals surface area (Å²) in [5.41, 5.74) is 2.10. The van der Waals surface area contributed by atoms with E-state index in [1.807, 2.05) is 48.1 Å². The van der Waals surface area contributed by atoms with Gasteiger partial charge in [-0.1, -0.05) is 12.1 Å². The molecule has 5 heteroatoms. The maximum absolute atomic E-state index is 12.1. The van der Waals surface area contributed by atoms with Crippen LogP contribution < -0.4 is 5.32 Å². The fourth-order valence-corrected chi connectivity index (χ4v) is 2.90. The molecular weight excluding hydrogens is 290 g/mol. The van der Waals surface area contributed by atoms with Crippen molar-refractivity contribution in [3.63, 3.8) is 0 Å². The van der Waals surface area contributed by atoms with E-state index < -0.39 is 0 Å². The van der Waals surface area contributed by atoms with Crippen LogP contribution in [0.25, 0.3) is 5.69 Å². The summed E-state index contributed by atoms with van der Waals surface area (Å²) in [6.45, 7) is 2.85. The minimum atomic E-state index is -0.00123. The van der Waals surface area contributed by atoms with Crippen LogP contribution >= 0.6 is 0 Å². The molecule has 5 nitrogen and oxygen atoms in total. The van der Waals surface area contributed by atoms with E-state index in [4.69, 9.17) is 4.74 Å². The largest absolute Gasteiger partial charge is 0.378 e. The average molecular weight is 313 g/mol. The summed E-state index contributed by atoms with van der Waals surface area (Å²) in [6, 6.07) is 9.97. The Bertz CT molecular complexity index is 616. The van der Waals surface area contributed by atoms with Crippen molar-refractivity contribution in [3.05, 3.63) is 48.3 Å². The molecule has 0 aliphatic carbocycles. The second-order valence-electron chi connectivity index (χ2n) is 6.01. The normalized spacial score (nSPS) is 18.7. The van der Waals surface area contributed by atoms with Gasteiger partial charge in [-0.05, 0) is 49.9 Å². The Hall–Kier alpha value is -2.14. The molecule has 1 aromatic heterocycles. The second-order valence-corrected chi connectivity index (χ2v) is 6.01. The summed E-state index contributed by atoms with van der Waals surface area (Å²) in [6.07, 6.45) is 7.47. The van der Waals surface area contributed by atoms with E-state index in [0.29, 0.717) is 6.42 Å². The molecule has 122 valence electrons. The summed E-state index contributed by atoms with van der Waals surface area (Å²) in [5.74, 6) is 0.0872. The Kier molecular flexibility index (Phi) is 5.08. The number of carbonyl (C=O) groups is 1. The number of hydrogen-bond acceptors (Lipinski definition) is 3. The van der Waals surface area contributed by atoms with E-state index >= 15 is 0 Å². The maximum Gasteiger partial charge on any atom is 0.220 e. The van der Waals surface area contributed by atoms with E-state index in [1.165, 1.54) is 0 Å². The lowest BCUT2D eigenvalue weighted by atomic mass is 10.1. The van der Waals surface area contributed by atoms with Crippen LogP contribution in [-0.4, -0.2) is 28.4 Å². The zero-order valence-electron chi connectivity index (χ0n) is 13.4. The summed E-state index contributed by atoms with van der Waals surface area (Å²) in [4.78, 5) is 12.1. The highest BCUT2D eigenvalue weighted by molar-refractivity contribution is 5.76. The quantitative estimate of drug-likeness (QED) is 0.892. The highest BCUT2D eigenvalue weighted by atomic mass is 16.5. The van der Waals surface area contributed by atoms with Crippen molar-refractivity contribution >= 4 is 5.91 Å². The fraction of sp³-hybridized carbons (Fsp3) is 0.444. The molecule has 1 amide bonds. The van der Waals surface area contributed by atoms with E-state index in [0.717, 1.165) is 37.1 Å². The first-order valence-electron chi connectivity index (χ1n) is 8.23. The lowest BCUT2D eigenvalue weighted by Crippen LogP contribution is -2.27. The highest BCUT2D eigenvalue weighted by Gasteiger charge is 2.17. The molecule has 0 spiro atoms. The molecule has 1 aliphatic rings. The van der Waals surface area contributed by atoms with Gasteiger partial charge >= 0.3 is 0 Å². The smallest absolute Gasteiger partial charge is 0.220 e. The number of carbonyl (C=O) groups excluding carboxylic acids is 1. The van der Waals surface area contributed by atoms with Crippen LogP contribution in [0.4, 0.5) is 0 Å². The molecule has 1 N–H and O–H groups in total. The molecule has 1 fully saturated rings. The minimum absolute atomic E-state index is 0.00123. The molecule has 2 unspecified atom stereocenters. The number of rotatable bonds is 6. The Morgan fingerprint density at radius 3 is 2.91 bits per heavy atom. The fourth-order valence-electron chi connectivity index (χ4n) is 2.90. The molecule has 1 saturated heterocycles. The van der Waals surface area contributed by atoms with Gasteiger partial charge in [0.05, 0.1) is 17.8 Å². The van der Waals surface area contributed by atoms with Gasteiger partial charge in [0, 0.05) is 25.4 Å². The third kappa shape index (κ3) is 4.20. The van der Waals surface area contributed by atoms with Gasteiger partial charge in [-0.15, -0.1) is 0 Å². The summed E-state index contributed by atoms with van der Waals surface area (Å²) >= 11 is 0. The number of hydrogen-bond donors (Lipinski definition) is 1. The third-order valence-corrected chi connectivity index (χ3v) is 4.26. The van der Waals surface area contributed by atoms with Gasteiger partial charge in [-0.2, -0.15) is 5.10 Å². The van der Waals surface area contributed by atoms with Gasteiger partial charge < -0.3 is 10.1 Å². The van der Waals surface area contributed by atoms with Gasteiger partial charge in [0.25, 0.3) is 0 Å². The molecule has 0 bridgehead atoms. The Morgan fingerprint density at radius 1 is 1.43 bits per heavy atom. The number of aromatic nitrogens is 2. The first-order chi connectivity index (χ1) is 11.2. The van der Waals surface area contributed by atoms with E-state index in [-0.39, 0.29) is 18.1 Å². The second kappa shape index (κ2) is 7.42. The van der Waals surface area contributed by atoms with Gasteiger partial charge in [-0.3, -0.25) is 4.79 Å². The predicted octanol–water partition coefficient (Wildman–Crippen LogP) is 3.01. The van der Waals surface area contributed by atoms with Crippen molar-refractivity contribution in [3.8, 4) is 5.69 Å². The average Bonchev–Trinajstić information content (AvgIpc) is 3.26. The number of nitrogens with one attached hydrogen (secondary N) is 1. The number of nitrogens with zero attached hydrogens (tertiary/aromatic N) is 2. The summed E-state index contributed by atoms with van der Waals surface area (Å²) in [5, 5.41) is 7.26. The van der Waals surface area contributed by atoms with Crippen LogP contribution in [0.15, 0.2) is 42.7 Å². The molecule has 2 heterocycles. The van der Waals surface area contributed by atoms with Crippen LogP contribution in [0.2, 0.25) is 0 Å². The van der Waals surface area contributed by atoms with Crippen molar-refractivity contribution in [1.29, 1.82) is 0 Å². The van der Waals surface area contributed by atoms with Crippen molar-refractivity contribution < 1.29 is 9.53 Å². The van der Waals surface area contributed by atoms with E-state index in [1.54, 1.807) is 6.20 Å². The van der Waals surface area contributed by atoms with E-state index in [9.17, 15) is 4.79 Å². The minimum Gasteiger partial charge on any atom is -0.378 e. The van der Waals surface area contributed by atoms with Crippen molar-refractivity contribution in [1.82, 2.24) is 15.1 Å². The van der Waals surface area contributed by atoms with Gasteiger partial charge in [0.1, 0.15) is 0 Å². The molecule has 1 aliphatic heterocycles. The molecular formula is C18H23N3O2. The van der Waals surface area contributed by atoms with E-state index in [2.05, 4.69) is 10.4 Å². The Balaban J connectivity index is 1.51. The molecule has 23 heavy (non-hydrogen) atoms. The summed E-state index contributed by atoms with van der Waals surface area (Å²) < 4.78 is 7.37. The number of amides is 1. The highest BCUT2D eigenvalue weighted by Crippen LogP contribution is 2.18. The lowest BCUT2D eigenvalue weighted by molar-refractivity contribution is -0.122. The van der Waals surface area contributed by atoms with Crippen LogP contribution in [-0.2, 0) is 9.53 Å². The van der Waals surface area contributed by atoms with Crippen molar-refractivity contribution in [2.45, 2.75) is 44.8 Å². The Labute approximate surface area is 136 Å². The lowest BCUT2D eigenvalue weighted by Gasteiger charge is -2.16. The maximum atomic E-state index is 12.1. The van der Waals surface area contributed by atoms with Crippen molar-refractivity contribution in [2.24, 2.45) is 0 Å². The molecule has 1 aromatic carbocycles. The number of ether oxygens (including phenoxy) is 1. The molecule has 0 saturated carbocycles. The topological polar surface area (TPSA) is 56.1 Å². The molecule has 3 rings (SSSR count). The molecule has 0 radical (unpaired) electrons. The standard InChI is InChI=1S/C18H23N3O2/c1-14(20-18(22)10-9-17-4-2-13-23-17)15-5-7-16(8-6-15)21-12-3-11-19-21/h3,5-8,11-12,14,17H,2,4,9-10,13H2,1H3,(H,20,22). The van der Waals surface area contributed by atoms with Crippen LogP contribution in [0.5, 0.6) is 0 Å². The monoisotopic (exact) mass is 313 g/mol. The predicted molar refractivity (Wildman–Crippen MR) is 88.3 cm³/mol. The van der Waals surface area contributed by atoms with Gasteiger partial charge in [-0.25, -0.2) is 4.68 Å². The zero-order valence-corrected chi connectivity index (χ0v) is 13.4. The Morgan fingerprint density at radius 2 is 2.26 bits per heavy atom. The van der Waals surface area contributed by atoms with Crippen molar-refractivity contribution in [2.75, 3.05) is 6.61 Å². The third-order valence-electron chi connectivity index (χ3n) is 4.26. The first-order valence-corrected chi connectivity index (χ1v) is 8.23. The summed E-state index contributed by atoms with van der Waals surface area (Å²) in [7, 11) is 0. The SMILES string of the molecule is CC(NC(=O)CCC1CCCO1)c1ccc(-n2cccn2)cc1. The first kappa shape index (κ1) is 15.7. The van der Waals surface area contributed by atoms with Crippen LogP contribution in [0.3, 0.4) is 0 Å². The molecule has 2 atom stereocenters. The van der Waals surface area contributed by atoms with Crippen LogP contribution in [0, 0.1) is 0 Å². The number of benzene rings is 1. The molecule has 2 aromatic rings. The van der Waals surface area contributed by atoms with Gasteiger partial charge in [0.2, 0.25) is 5.91 Å². The van der Waals surface area contributed by atoms with Crippen LogP contribution in [0.1, 0.15) is 44.2 Å².